The lowest BCUT2D eigenvalue weighted by Crippen LogP contribution is -2.36. The van der Waals surface area contributed by atoms with Crippen LogP contribution in [-0.4, -0.2) is 61.0 Å². The number of anilines is 3. The minimum Gasteiger partial charge on any atom is -0.375 e. The molecule has 12 heteroatoms. The van der Waals surface area contributed by atoms with Gasteiger partial charge in [0.15, 0.2) is 0 Å². The third-order valence-corrected chi connectivity index (χ3v) is 6.37. The minimum atomic E-state index is -3.20. The number of hydrogen-bond acceptors (Lipinski definition) is 9. The topological polar surface area (TPSA) is 118 Å². The molecule has 2 aliphatic rings. The van der Waals surface area contributed by atoms with Gasteiger partial charge in [0.25, 0.3) is 0 Å². The quantitative estimate of drug-likeness (QED) is 0.468. The molecule has 2 aliphatic heterocycles. The molecule has 0 aliphatic carbocycles. The first-order valence-corrected chi connectivity index (χ1v) is 12.2. The van der Waals surface area contributed by atoms with Gasteiger partial charge in [-0.3, -0.25) is 19.7 Å². The number of ether oxygens (including phenoxy) is 1. The molecule has 37 heavy (non-hydrogen) atoms. The maximum Gasteiger partial charge on any atom is 0.303 e. The summed E-state index contributed by atoms with van der Waals surface area (Å²) in [5, 5.41) is 5.73. The van der Waals surface area contributed by atoms with E-state index in [-0.39, 0.29) is 11.7 Å². The zero-order valence-electron chi connectivity index (χ0n) is 20.8. The lowest BCUT2D eigenvalue weighted by molar-refractivity contribution is -0.114. The Kier molecular flexibility index (Phi) is 6.78. The van der Waals surface area contributed by atoms with E-state index in [2.05, 4.69) is 40.5 Å². The van der Waals surface area contributed by atoms with Crippen molar-refractivity contribution >= 4 is 23.2 Å². The average Bonchev–Trinajstić information content (AvgIpc) is 3.47. The largest absolute Gasteiger partial charge is 0.375 e. The summed E-state index contributed by atoms with van der Waals surface area (Å²) in [5.41, 5.74) is 2.89. The number of likely N-dealkylation sites (tertiary alicyclic amines) is 1. The number of nitrogens with zero attached hydrogens (tertiary/aromatic N) is 6. The molecule has 2 bridgehead atoms. The number of aromatic nitrogens is 5. The molecule has 2 atom stereocenters. The molecule has 10 nitrogen and oxygen atoms in total. The van der Waals surface area contributed by atoms with Gasteiger partial charge >= 0.3 is 5.92 Å². The van der Waals surface area contributed by atoms with Crippen molar-refractivity contribution in [2.75, 3.05) is 23.8 Å². The Morgan fingerprint density at radius 2 is 1.97 bits per heavy atom. The zero-order chi connectivity index (χ0) is 26.2. The maximum atomic E-state index is 14.0. The predicted molar refractivity (Wildman–Crippen MR) is 132 cm³/mol. The second-order valence-corrected chi connectivity index (χ2v) is 9.40. The highest BCUT2D eigenvalue weighted by molar-refractivity contribution is 5.89. The minimum absolute atomic E-state index is 0.195. The van der Waals surface area contributed by atoms with Gasteiger partial charge in [-0.2, -0.15) is 8.78 Å². The highest BCUT2D eigenvalue weighted by Crippen LogP contribution is 2.32. The fraction of sp³-hybridized carbons (Fsp3) is 0.440. The van der Waals surface area contributed by atoms with Crippen LogP contribution in [0.1, 0.15) is 44.4 Å². The molecule has 0 saturated carbocycles. The van der Waals surface area contributed by atoms with Crippen LogP contribution in [0.5, 0.6) is 0 Å². The van der Waals surface area contributed by atoms with Crippen LogP contribution in [0.15, 0.2) is 30.7 Å². The van der Waals surface area contributed by atoms with Crippen molar-refractivity contribution in [1.82, 2.24) is 29.8 Å². The monoisotopic (exact) mass is 510 g/mol. The van der Waals surface area contributed by atoms with Gasteiger partial charge < -0.3 is 15.4 Å². The molecule has 194 valence electrons. The summed E-state index contributed by atoms with van der Waals surface area (Å²) >= 11 is 0. The molecular weight excluding hydrogens is 482 g/mol. The van der Waals surface area contributed by atoms with Crippen LogP contribution in [0.2, 0.25) is 0 Å². The summed E-state index contributed by atoms with van der Waals surface area (Å²) in [6.07, 6.45) is 6.75. The first-order valence-electron chi connectivity index (χ1n) is 12.2. The molecule has 3 aromatic heterocycles. The Hall–Kier alpha value is -3.64. The van der Waals surface area contributed by atoms with Crippen molar-refractivity contribution in [1.29, 1.82) is 0 Å². The number of halogens is 2. The number of alkyl halides is 2. The lowest BCUT2D eigenvalue weighted by atomic mass is 10.1. The van der Waals surface area contributed by atoms with Gasteiger partial charge in [0, 0.05) is 62.6 Å². The van der Waals surface area contributed by atoms with Crippen molar-refractivity contribution in [3.05, 3.63) is 47.9 Å². The van der Waals surface area contributed by atoms with E-state index in [4.69, 9.17) is 4.74 Å². The number of carbonyl (C=O) groups is 1. The van der Waals surface area contributed by atoms with Gasteiger partial charge in [0.05, 0.1) is 42.2 Å². The molecule has 3 aromatic rings. The van der Waals surface area contributed by atoms with Crippen LogP contribution >= 0.6 is 0 Å². The standard InChI is InChI=1S/C25H28F2N8O2/c1-4-15-5-23(34-24(32-15)25(3,26)27)33-20-7-22(31-14(2)36)30-9-19(20)21-10-28-16(8-29-21)11-35-12-18-6-17(35)13-37-18/h5,7-10,17-18H,4,6,11-13H2,1-3H3,(H2,30,31,32,33,34,36)/t17-,18-/m0/s1. The van der Waals surface area contributed by atoms with Crippen molar-refractivity contribution < 1.29 is 18.3 Å². The van der Waals surface area contributed by atoms with E-state index in [0.717, 1.165) is 32.2 Å². The van der Waals surface area contributed by atoms with Crippen LogP contribution in [0.3, 0.4) is 0 Å². The van der Waals surface area contributed by atoms with E-state index in [1.165, 1.54) is 6.92 Å². The molecule has 2 saturated heterocycles. The van der Waals surface area contributed by atoms with E-state index >= 15 is 0 Å². The van der Waals surface area contributed by atoms with Crippen LogP contribution in [0, 0.1) is 0 Å². The number of amides is 1. The number of hydrogen-bond donors (Lipinski definition) is 2. The summed E-state index contributed by atoms with van der Waals surface area (Å²) in [7, 11) is 0. The first kappa shape index (κ1) is 25.0. The van der Waals surface area contributed by atoms with Crippen LogP contribution in [-0.2, 0) is 28.4 Å². The number of fused-ring (bicyclic) bond motifs is 2. The molecule has 5 heterocycles. The van der Waals surface area contributed by atoms with E-state index in [0.29, 0.717) is 53.6 Å². The van der Waals surface area contributed by atoms with Crippen molar-refractivity contribution in [2.45, 2.75) is 58.2 Å². The highest BCUT2D eigenvalue weighted by Gasteiger charge is 2.38. The third kappa shape index (κ3) is 5.70. The molecule has 0 radical (unpaired) electrons. The number of carbonyl (C=O) groups excluding carboxylic acids is 1. The summed E-state index contributed by atoms with van der Waals surface area (Å²) < 4.78 is 33.7. The normalized spacial score (nSPS) is 19.3. The van der Waals surface area contributed by atoms with Gasteiger partial charge in [-0.05, 0) is 12.8 Å². The fourth-order valence-corrected chi connectivity index (χ4v) is 4.54. The predicted octanol–water partition coefficient (Wildman–Crippen LogP) is 3.68. The SMILES string of the molecule is CCc1cc(Nc2cc(NC(C)=O)ncc2-c2cnc(CN3C[C@@H]4C[C@H]3CO4)cn2)nc(C(C)(F)F)n1. The van der Waals surface area contributed by atoms with Gasteiger partial charge in [0.1, 0.15) is 11.6 Å². The van der Waals surface area contributed by atoms with Crippen molar-refractivity contribution in [2.24, 2.45) is 0 Å². The molecule has 5 rings (SSSR count). The third-order valence-electron chi connectivity index (χ3n) is 6.37. The highest BCUT2D eigenvalue weighted by atomic mass is 19.3. The Morgan fingerprint density at radius 3 is 2.59 bits per heavy atom. The second-order valence-electron chi connectivity index (χ2n) is 9.40. The number of pyridine rings is 1. The zero-order valence-corrected chi connectivity index (χ0v) is 20.8. The first-order chi connectivity index (χ1) is 17.7. The fourth-order valence-electron chi connectivity index (χ4n) is 4.54. The summed E-state index contributed by atoms with van der Waals surface area (Å²) in [6, 6.07) is 3.64. The summed E-state index contributed by atoms with van der Waals surface area (Å²) in [6.45, 7) is 6.31. The van der Waals surface area contributed by atoms with Gasteiger partial charge in [-0.15, -0.1) is 0 Å². The molecule has 0 aromatic carbocycles. The molecule has 2 fully saturated rings. The number of nitrogens with one attached hydrogen (secondary N) is 2. The average molecular weight is 511 g/mol. The van der Waals surface area contributed by atoms with E-state index in [1.807, 2.05) is 6.92 Å². The van der Waals surface area contributed by atoms with E-state index < -0.39 is 11.7 Å². The van der Waals surface area contributed by atoms with Crippen molar-refractivity contribution in [3.63, 3.8) is 0 Å². The number of rotatable bonds is 8. The molecular formula is C25H28F2N8O2. The van der Waals surface area contributed by atoms with Gasteiger partial charge in [-0.1, -0.05) is 6.92 Å². The summed E-state index contributed by atoms with van der Waals surface area (Å²) in [5.74, 6) is -3.58. The molecule has 2 N–H and O–H groups in total. The van der Waals surface area contributed by atoms with E-state index in [1.54, 1.807) is 30.7 Å². The Labute approximate surface area is 212 Å². The Bertz CT molecular complexity index is 1300. The smallest absolute Gasteiger partial charge is 0.303 e. The number of aryl methyl sites for hydroxylation is 1. The van der Waals surface area contributed by atoms with Gasteiger partial charge in [-0.25, -0.2) is 15.0 Å². The number of morpholine rings is 1. The summed E-state index contributed by atoms with van der Waals surface area (Å²) in [4.78, 5) is 35.4. The Morgan fingerprint density at radius 1 is 1.14 bits per heavy atom. The van der Waals surface area contributed by atoms with E-state index in [9.17, 15) is 13.6 Å². The Balaban J connectivity index is 1.44. The lowest BCUT2D eigenvalue weighted by Gasteiger charge is -2.26. The van der Waals surface area contributed by atoms with Gasteiger partial charge in [0.2, 0.25) is 11.7 Å². The van der Waals surface area contributed by atoms with Crippen LogP contribution < -0.4 is 10.6 Å². The molecule has 1 amide bonds. The maximum absolute atomic E-state index is 14.0. The van der Waals surface area contributed by atoms with Crippen LogP contribution in [0.25, 0.3) is 11.3 Å². The molecule has 0 spiro atoms. The van der Waals surface area contributed by atoms with Crippen LogP contribution in [0.4, 0.5) is 26.1 Å². The van der Waals surface area contributed by atoms with Crippen molar-refractivity contribution in [3.8, 4) is 11.3 Å². The second kappa shape index (κ2) is 10.0. The molecule has 0 unspecified atom stereocenters.